The zero-order valence-electron chi connectivity index (χ0n) is 12.1. The van der Waals surface area contributed by atoms with Crippen molar-refractivity contribution in [2.75, 3.05) is 25.4 Å². The molecule has 0 amide bonds. The Kier molecular flexibility index (Phi) is 5.42. The summed E-state index contributed by atoms with van der Waals surface area (Å²) in [7, 11) is 0. The van der Waals surface area contributed by atoms with Gasteiger partial charge in [-0.3, -0.25) is 4.79 Å². The molecule has 1 aliphatic rings. The van der Waals surface area contributed by atoms with Gasteiger partial charge in [-0.2, -0.15) is 0 Å². The van der Waals surface area contributed by atoms with Crippen LogP contribution in [0.25, 0.3) is 0 Å². The van der Waals surface area contributed by atoms with Gasteiger partial charge >= 0.3 is 5.97 Å². The fourth-order valence-electron chi connectivity index (χ4n) is 2.49. The van der Waals surface area contributed by atoms with E-state index in [0.717, 1.165) is 18.8 Å². The van der Waals surface area contributed by atoms with E-state index < -0.39 is 5.97 Å². The maximum atomic E-state index is 10.7. The molecule has 1 aliphatic heterocycles. The Bertz CT molecular complexity index is 455. The highest BCUT2D eigenvalue weighted by Crippen LogP contribution is 2.22. The summed E-state index contributed by atoms with van der Waals surface area (Å²) in [5, 5.41) is 17.9. The van der Waals surface area contributed by atoms with E-state index in [1.165, 1.54) is 37.7 Å². The standard InChI is InChI=1S/C13H22N4O2S/c1-10(2)17-11(5-8-16-6-3-4-7-16)14-15-13(17)20-9-12(18)19/h10H,3-9H2,1-2H3,(H,18,19). The Morgan fingerprint density at radius 1 is 1.35 bits per heavy atom. The predicted octanol–water partition coefficient (Wildman–Crippen LogP) is 1.67. The Morgan fingerprint density at radius 3 is 2.65 bits per heavy atom. The van der Waals surface area contributed by atoms with Crippen molar-refractivity contribution in [1.82, 2.24) is 19.7 Å². The van der Waals surface area contributed by atoms with Crippen molar-refractivity contribution in [1.29, 1.82) is 0 Å². The average molecular weight is 298 g/mol. The molecule has 0 aliphatic carbocycles. The molecule has 2 rings (SSSR count). The van der Waals surface area contributed by atoms with Crippen LogP contribution in [0, 0.1) is 0 Å². The summed E-state index contributed by atoms with van der Waals surface area (Å²) >= 11 is 1.24. The molecular formula is C13H22N4O2S. The maximum Gasteiger partial charge on any atom is 0.313 e. The molecule has 1 fully saturated rings. The molecular weight excluding hydrogens is 276 g/mol. The average Bonchev–Trinajstić information content (AvgIpc) is 3.03. The molecule has 0 radical (unpaired) electrons. The third-order valence-electron chi connectivity index (χ3n) is 3.43. The zero-order valence-corrected chi connectivity index (χ0v) is 12.9. The van der Waals surface area contributed by atoms with Crippen LogP contribution in [0.15, 0.2) is 5.16 Å². The van der Waals surface area contributed by atoms with Crippen molar-refractivity contribution >= 4 is 17.7 Å². The lowest BCUT2D eigenvalue weighted by Gasteiger charge is -2.16. The topological polar surface area (TPSA) is 71.2 Å². The summed E-state index contributed by atoms with van der Waals surface area (Å²) in [4.78, 5) is 13.1. The van der Waals surface area contributed by atoms with Crippen LogP contribution in [0.3, 0.4) is 0 Å². The highest BCUT2D eigenvalue weighted by Gasteiger charge is 2.18. The van der Waals surface area contributed by atoms with Gasteiger partial charge in [0.25, 0.3) is 0 Å². The fourth-order valence-corrected chi connectivity index (χ4v) is 3.29. The van der Waals surface area contributed by atoms with E-state index in [2.05, 4.69) is 33.5 Å². The number of carboxylic acid groups (broad SMARTS) is 1. The number of aliphatic carboxylic acids is 1. The van der Waals surface area contributed by atoms with Gasteiger partial charge in [0.15, 0.2) is 5.16 Å². The Hall–Kier alpha value is -1.08. The second-order valence-corrected chi connectivity index (χ2v) is 6.29. The lowest BCUT2D eigenvalue weighted by atomic mass is 10.3. The molecule has 20 heavy (non-hydrogen) atoms. The quantitative estimate of drug-likeness (QED) is 0.772. The number of likely N-dealkylation sites (tertiary alicyclic amines) is 1. The van der Waals surface area contributed by atoms with E-state index in [4.69, 9.17) is 5.11 Å². The molecule has 1 aromatic rings. The number of hydrogen-bond donors (Lipinski definition) is 1. The number of thioether (sulfide) groups is 1. The maximum absolute atomic E-state index is 10.7. The molecule has 0 spiro atoms. The van der Waals surface area contributed by atoms with Gasteiger partial charge in [-0.15, -0.1) is 10.2 Å². The first kappa shape index (κ1) is 15.3. The minimum Gasteiger partial charge on any atom is -0.481 e. The van der Waals surface area contributed by atoms with Gasteiger partial charge in [-0.05, 0) is 39.8 Å². The summed E-state index contributed by atoms with van der Waals surface area (Å²) in [6, 6.07) is 0.245. The molecule has 0 bridgehead atoms. The highest BCUT2D eigenvalue weighted by molar-refractivity contribution is 7.99. The number of carboxylic acids is 1. The van der Waals surface area contributed by atoms with Gasteiger partial charge in [0, 0.05) is 19.0 Å². The monoisotopic (exact) mass is 298 g/mol. The Balaban J connectivity index is 2.01. The highest BCUT2D eigenvalue weighted by atomic mass is 32.2. The van der Waals surface area contributed by atoms with Gasteiger partial charge in [-0.25, -0.2) is 0 Å². The second-order valence-electron chi connectivity index (χ2n) is 5.34. The van der Waals surface area contributed by atoms with Crippen molar-refractivity contribution < 1.29 is 9.90 Å². The van der Waals surface area contributed by atoms with Crippen molar-refractivity contribution in [3.63, 3.8) is 0 Å². The largest absolute Gasteiger partial charge is 0.481 e. The van der Waals surface area contributed by atoms with E-state index >= 15 is 0 Å². The van der Waals surface area contributed by atoms with E-state index in [1.54, 1.807) is 0 Å². The number of aromatic nitrogens is 3. The van der Waals surface area contributed by atoms with Crippen molar-refractivity contribution in [3.8, 4) is 0 Å². The van der Waals surface area contributed by atoms with Gasteiger partial charge in [0.1, 0.15) is 5.82 Å². The van der Waals surface area contributed by atoms with E-state index in [0.29, 0.717) is 5.16 Å². The molecule has 0 aromatic carbocycles. The molecule has 0 saturated carbocycles. The number of rotatable bonds is 7. The van der Waals surface area contributed by atoms with Crippen LogP contribution in [-0.4, -0.2) is 56.1 Å². The third kappa shape index (κ3) is 3.96. The van der Waals surface area contributed by atoms with Crippen LogP contribution in [0.4, 0.5) is 0 Å². The Morgan fingerprint density at radius 2 is 2.05 bits per heavy atom. The van der Waals surface area contributed by atoms with Crippen LogP contribution in [-0.2, 0) is 11.2 Å². The van der Waals surface area contributed by atoms with Crippen LogP contribution in [0.1, 0.15) is 38.6 Å². The summed E-state index contributed by atoms with van der Waals surface area (Å²) in [6.07, 6.45) is 3.45. The third-order valence-corrected chi connectivity index (χ3v) is 4.35. The first-order valence-electron chi connectivity index (χ1n) is 7.08. The molecule has 6 nitrogen and oxygen atoms in total. The molecule has 7 heteroatoms. The summed E-state index contributed by atoms with van der Waals surface area (Å²) < 4.78 is 2.06. The molecule has 1 aromatic heterocycles. The normalized spacial score (nSPS) is 16.1. The summed E-state index contributed by atoms with van der Waals surface area (Å²) in [6.45, 7) is 7.52. The molecule has 0 atom stereocenters. The lowest BCUT2D eigenvalue weighted by Crippen LogP contribution is -2.23. The first-order chi connectivity index (χ1) is 9.58. The van der Waals surface area contributed by atoms with Gasteiger partial charge in [0.2, 0.25) is 0 Å². The minimum atomic E-state index is -0.827. The van der Waals surface area contributed by atoms with Crippen molar-refractivity contribution in [2.45, 2.75) is 44.3 Å². The minimum absolute atomic E-state index is 0.0248. The number of nitrogens with zero attached hydrogens (tertiary/aromatic N) is 4. The van der Waals surface area contributed by atoms with Crippen LogP contribution in [0.5, 0.6) is 0 Å². The first-order valence-corrected chi connectivity index (χ1v) is 8.07. The fraction of sp³-hybridized carbons (Fsp3) is 0.769. The van der Waals surface area contributed by atoms with Crippen molar-refractivity contribution in [2.24, 2.45) is 0 Å². The summed E-state index contributed by atoms with van der Waals surface area (Å²) in [5.74, 6) is 0.156. The van der Waals surface area contributed by atoms with E-state index in [1.807, 2.05) is 0 Å². The molecule has 112 valence electrons. The van der Waals surface area contributed by atoms with Gasteiger partial charge in [0.05, 0.1) is 5.75 Å². The van der Waals surface area contributed by atoms with Gasteiger partial charge < -0.3 is 14.6 Å². The second kappa shape index (κ2) is 7.08. The van der Waals surface area contributed by atoms with E-state index in [-0.39, 0.29) is 11.8 Å². The zero-order chi connectivity index (χ0) is 14.5. The van der Waals surface area contributed by atoms with Gasteiger partial charge in [-0.1, -0.05) is 11.8 Å². The smallest absolute Gasteiger partial charge is 0.313 e. The van der Waals surface area contributed by atoms with Crippen molar-refractivity contribution in [3.05, 3.63) is 5.82 Å². The summed E-state index contributed by atoms with van der Waals surface area (Å²) in [5.41, 5.74) is 0. The van der Waals surface area contributed by atoms with Crippen LogP contribution >= 0.6 is 11.8 Å². The molecule has 1 N–H and O–H groups in total. The SMILES string of the molecule is CC(C)n1c(CCN2CCCC2)nnc1SCC(=O)O. The molecule has 0 unspecified atom stereocenters. The van der Waals surface area contributed by atoms with E-state index in [9.17, 15) is 4.79 Å². The number of carbonyl (C=O) groups is 1. The number of hydrogen-bond acceptors (Lipinski definition) is 5. The Labute approximate surface area is 123 Å². The van der Waals surface area contributed by atoms with Crippen LogP contribution in [0.2, 0.25) is 0 Å². The lowest BCUT2D eigenvalue weighted by molar-refractivity contribution is -0.133. The molecule has 2 heterocycles. The predicted molar refractivity (Wildman–Crippen MR) is 78.1 cm³/mol. The molecule has 1 saturated heterocycles. The van der Waals surface area contributed by atoms with Crippen LogP contribution < -0.4 is 0 Å².